The van der Waals surface area contributed by atoms with E-state index in [2.05, 4.69) is 17.7 Å². The van der Waals surface area contributed by atoms with Gasteiger partial charge in [-0.3, -0.25) is 0 Å². The maximum absolute atomic E-state index is 5.98. The molecule has 0 radical (unpaired) electrons. The Kier molecular flexibility index (Phi) is 3.53. The summed E-state index contributed by atoms with van der Waals surface area (Å²) in [6.07, 6.45) is 8.45. The molecular formula is C8H13HgIO. The number of hydrogen-bond donors (Lipinski definition) is 0. The molecule has 0 spiro atoms. The van der Waals surface area contributed by atoms with Crippen molar-refractivity contribution in [2.45, 2.75) is 47.7 Å². The minimum atomic E-state index is -0.506. The van der Waals surface area contributed by atoms with Gasteiger partial charge in [0, 0.05) is 0 Å². The van der Waals surface area contributed by atoms with E-state index in [1.54, 1.807) is 0 Å². The number of ether oxygens (including phenoxy) is 1. The van der Waals surface area contributed by atoms with Crippen LogP contribution < -0.4 is 0 Å². The number of fused-ring (bicyclic) bond motifs is 2. The van der Waals surface area contributed by atoms with Gasteiger partial charge in [0.05, 0.1) is 0 Å². The van der Waals surface area contributed by atoms with Crippen molar-refractivity contribution in [1.82, 2.24) is 0 Å². The van der Waals surface area contributed by atoms with Crippen LogP contribution in [0.5, 0.6) is 0 Å². The van der Waals surface area contributed by atoms with Gasteiger partial charge in [-0.05, 0) is 0 Å². The molecular weight excluding hydrogens is 440 g/mol. The Hall–Kier alpha value is 1.63. The molecule has 0 aromatic carbocycles. The van der Waals surface area contributed by atoms with Crippen LogP contribution in [0.2, 0.25) is 3.43 Å². The predicted molar refractivity (Wildman–Crippen MR) is 49.5 cm³/mol. The molecule has 1 nitrogen and oxygen atoms in total. The van der Waals surface area contributed by atoms with E-state index in [0.29, 0.717) is 6.10 Å². The van der Waals surface area contributed by atoms with Crippen LogP contribution in [0.3, 0.4) is 0 Å². The van der Waals surface area contributed by atoms with Gasteiger partial charge in [-0.25, -0.2) is 0 Å². The first-order valence-corrected chi connectivity index (χ1v) is 23.3. The van der Waals surface area contributed by atoms with E-state index in [9.17, 15) is 0 Å². The molecule has 2 aliphatic heterocycles. The van der Waals surface area contributed by atoms with Crippen LogP contribution in [-0.4, -0.2) is 12.2 Å². The molecule has 2 bridgehead atoms. The zero-order valence-electron chi connectivity index (χ0n) is 6.76. The third kappa shape index (κ3) is 2.10. The Balaban J connectivity index is 1.97. The molecule has 60 valence electrons. The minimum absolute atomic E-state index is 0.506. The van der Waals surface area contributed by atoms with Crippen molar-refractivity contribution < 1.29 is 25.0 Å². The first-order valence-electron chi connectivity index (χ1n) is 4.61. The number of halogens is 1. The number of hydrogen-bond acceptors (Lipinski definition) is 1. The van der Waals surface area contributed by atoms with E-state index < -0.39 is 20.2 Å². The fourth-order valence-corrected chi connectivity index (χ4v) is 14.7. The molecule has 3 heteroatoms. The van der Waals surface area contributed by atoms with E-state index in [4.69, 9.17) is 4.74 Å². The number of rotatable bonds is 1. The van der Waals surface area contributed by atoms with Gasteiger partial charge in [0.2, 0.25) is 0 Å². The second kappa shape index (κ2) is 4.22. The van der Waals surface area contributed by atoms with E-state index in [-0.39, 0.29) is 0 Å². The Morgan fingerprint density at radius 1 is 1.18 bits per heavy atom. The van der Waals surface area contributed by atoms with Crippen LogP contribution in [-0.2, 0) is 25.0 Å². The molecule has 0 aliphatic carbocycles. The van der Waals surface area contributed by atoms with Gasteiger partial charge in [-0.1, -0.05) is 0 Å². The molecule has 0 N–H and O–H groups in total. The van der Waals surface area contributed by atoms with Gasteiger partial charge in [0.1, 0.15) is 0 Å². The second-order valence-corrected chi connectivity index (χ2v) is 16.7. The molecule has 0 aromatic rings. The van der Waals surface area contributed by atoms with E-state index >= 15 is 0 Å². The Bertz CT molecular complexity index is 142. The zero-order valence-corrected chi connectivity index (χ0v) is 14.4. The quantitative estimate of drug-likeness (QED) is 0.439. The van der Waals surface area contributed by atoms with Crippen LogP contribution in [0.15, 0.2) is 0 Å². The summed E-state index contributed by atoms with van der Waals surface area (Å²) in [5, 5.41) is 0. The van der Waals surface area contributed by atoms with Crippen LogP contribution >= 0.6 is 17.7 Å². The van der Waals surface area contributed by atoms with Gasteiger partial charge < -0.3 is 0 Å². The summed E-state index contributed by atoms with van der Waals surface area (Å²) < 4.78 is 7.07. The molecule has 11 heavy (non-hydrogen) atoms. The summed E-state index contributed by atoms with van der Waals surface area (Å²) in [5.41, 5.74) is 0. The van der Waals surface area contributed by atoms with Crippen LogP contribution in [0, 0.1) is 0 Å². The Morgan fingerprint density at radius 2 is 2.09 bits per heavy atom. The SMILES string of the molecule is [I][Hg][CH]1CCC2CCCC1O2. The summed E-state index contributed by atoms with van der Waals surface area (Å²) in [6, 6.07) is 0. The normalized spacial score (nSPS) is 43.2. The zero-order chi connectivity index (χ0) is 7.68. The van der Waals surface area contributed by atoms with Crippen molar-refractivity contribution in [3.8, 4) is 0 Å². The third-order valence-corrected chi connectivity index (χ3v) is 18.1. The summed E-state index contributed by atoms with van der Waals surface area (Å²) in [7, 11) is 0. The molecule has 2 rings (SSSR count). The standard InChI is InChI=1S/C8H13O.Hg.HI/c1-3-7-5-2-6-8(4-1)9-7;;/h3,7-8H,1-2,4-6H2;;1H/q;+1;/p-1. The molecule has 2 saturated heterocycles. The van der Waals surface area contributed by atoms with E-state index in [1.807, 2.05) is 0 Å². The predicted octanol–water partition coefficient (Wildman–Crippen LogP) is 2.94. The van der Waals surface area contributed by atoms with Gasteiger partial charge in [0.25, 0.3) is 0 Å². The van der Waals surface area contributed by atoms with Crippen molar-refractivity contribution in [2.75, 3.05) is 0 Å². The summed E-state index contributed by atoms with van der Waals surface area (Å²) in [4.78, 5) is 0. The molecule has 3 unspecified atom stereocenters. The molecule has 0 amide bonds. The third-order valence-electron chi connectivity index (χ3n) is 2.97. The Morgan fingerprint density at radius 3 is 2.91 bits per heavy atom. The van der Waals surface area contributed by atoms with Crippen molar-refractivity contribution in [1.29, 1.82) is 0 Å². The summed E-state index contributed by atoms with van der Waals surface area (Å²) >= 11 is 2.21. The average molecular weight is 453 g/mol. The molecule has 2 heterocycles. The molecule has 2 fully saturated rings. The van der Waals surface area contributed by atoms with Crippen molar-refractivity contribution in [2.24, 2.45) is 0 Å². The Labute approximate surface area is 89.4 Å². The monoisotopic (exact) mass is 454 g/mol. The fraction of sp³-hybridized carbons (Fsp3) is 1.00. The van der Waals surface area contributed by atoms with Crippen molar-refractivity contribution in [3.05, 3.63) is 0 Å². The van der Waals surface area contributed by atoms with Crippen LogP contribution in [0.25, 0.3) is 0 Å². The second-order valence-electron chi connectivity index (χ2n) is 3.72. The van der Waals surface area contributed by atoms with Crippen molar-refractivity contribution in [3.63, 3.8) is 0 Å². The summed E-state index contributed by atoms with van der Waals surface area (Å²) in [6.45, 7) is 0. The first kappa shape index (κ1) is 9.19. The average Bonchev–Trinajstić information content (AvgIpc) is 2.06. The van der Waals surface area contributed by atoms with Gasteiger partial charge in [0.15, 0.2) is 0 Å². The molecule has 2 aliphatic rings. The van der Waals surface area contributed by atoms with Crippen LogP contribution in [0.1, 0.15) is 32.1 Å². The van der Waals surface area contributed by atoms with Crippen molar-refractivity contribution >= 4 is 17.7 Å². The molecule has 3 atom stereocenters. The molecule has 0 aromatic heterocycles. The van der Waals surface area contributed by atoms with Gasteiger partial charge >= 0.3 is 90.4 Å². The van der Waals surface area contributed by atoms with E-state index in [0.717, 1.165) is 9.53 Å². The fourth-order valence-electron chi connectivity index (χ4n) is 2.25. The summed E-state index contributed by atoms with van der Waals surface area (Å²) in [5.74, 6) is 0. The van der Waals surface area contributed by atoms with Crippen LogP contribution in [0.4, 0.5) is 0 Å². The first-order chi connectivity index (χ1) is 5.40. The van der Waals surface area contributed by atoms with Gasteiger partial charge in [-0.15, -0.1) is 0 Å². The topological polar surface area (TPSA) is 9.23 Å². The molecule has 0 saturated carbocycles. The van der Waals surface area contributed by atoms with Gasteiger partial charge in [-0.2, -0.15) is 0 Å². The van der Waals surface area contributed by atoms with E-state index in [1.165, 1.54) is 32.1 Å². The maximum atomic E-state index is 5.98.